The molecular formula is C6H6F2N2O2. The average Bonchev–Trinajstić information content (AvgIpc) is 2.25. The van der Waals surface area contributed by atoms with Crippen molar-refractivity contribution in [2.24, 2.45) is 0 Å². The Morgan fingerprint density at radius 1 is 1.75 bits per heavy atom. The van der Waals surface area contributed by atoms with E-state index >= 15 is 0 Å². The second kappa shape index (κ2) is 2.59. The quantitative estimate of drug-likeness (QED) is 0.596. The molecule has 0 aromatic heterocycles. The molecule has 0 aromatic rings. The number of rotatable bonds is 0. The molecule has 4 nitrogen and oxygen atoms in total. The number of carbonyl (C=O) groups is 1. The Kier molecular flexibility index (Phi) is 1.88. The van der Waals surface area contributed by atoms with Gasteiger partial charge in [-0.1, -0.05) is 0 Å². The Morgan fingerprint density at radius 3 is 2.67 bits per heavy atom. The van der Waals surface area contributed by atoms with Gasteiger partial charge < -0.3 is 5.11 Å². The molecule has 1 atom stereocenters. The third-order valence-electron chi connectivity index (χ3n) is 1.66. The van der Waals surface area contributed by atoms with Crippen molar-refractivity contribution in [1.29, 1.82) is 5.26 Å². The Hall–Kier alpha value is -1.38. The molecule has 0 bridgehead atoms. The third kappa shape index (κ3) is 1.44. The van der Waals surface area contributed by atoms with E-state index in [2.05, 4.69) is 0 Å². The lowest BCUT2D eigenvalue weighted by molar-refractivity contribution is 0.0128. The molecule has 1 heterocycles. The molecule has 0 aromatic carbocycles. The van der Waals surface area contributed by atoms with Crippen LogP contribution in [0.4, 0.5) is 13.6 Å². The number of carboxylic acid groups (broad SMARTS) is 1. The highest BCUT2D eigenvalue weighted by atomic mass is 19.3. The van der Waals surface area contributed by atoms with Gasteiger partial charge in [0.25, 0.3) is 5.92 Å². The first-order valence-corrected chi connectivity index (χ1v) is 3.23. The number of hydrogen-bond acceptors (Lipinski definition) is 2. The zero-order valence-electron chi connectivity index (χ0n) is 6.00. The van der Waals surface area contributed by atoms with Gasteiger partial charge in [0.2, 0.25) is 0 Å². The molecule has 0 radical (unpaired) electrons. The lowest BCUT2D eigenvalue weighted by Gasteiger charge is -2.13. The number of nitriles is 1. The predicted molar refractivity (Wildman–Crippen MR) is 33.7 cm³/mol. The number of hydrogen-bond donors (Lipinski definition) is 1. The summed E-state index contributed by atoms with van der Waals surface area (Å²) in [6.07, 6.45) is -2.17. The van der Waals surface area contributed by atoms with Gasteiger partial charge in [-0.15, -0.1) is 0 Å². The van der Waals surface area contributed by atoms with E-state index in [-0.39, 0.29) is 0 Å². The lowest BCUT2D eigenvalue weighted by Crippen LogP contribution is -2.34. The summed E-state index contributed by atoms with van der Waals surface area (Å²) in [7, 11) is 0. The van der Waals surface area contributed by atoms with Crippen molar-refractivity contribution in [2.45, 2.75) is 18.4 Å². The van der Waals surface area contributed by atoms with Crippen LogP contribution < -0.4 is 0 Å². The fourth-order valence-corrected chi connectivity index (χ4v) is 1.13. The van der Waals surface area contributed by atoms with Crippen LogP contribution in [-0.2, 0) is 0 Å². The third-order valence-corrected chi connectivity index (χ3v) is 1.66. The monoisotopic (exact) mass is 176 g/mol. The minimum Gasteiger partial charge on any atom is -0.465 e. The Labute approximate surface area is 67.0 Å². The number of likely N-dealkylation sites (tertiary alicyclic amines) is 1. The summed E-state index contributed by atoms with van der Waals surface area (Å²) in [6, 6.07) is 0.305. The maximum absolute atomic E-state index is 12.5. The first-order chi connectivity index (χ1) is 5.46. The minimum atomic E-state index is -3.06. The van der Waals surface area contributed by atoms with Crippen molar-refractivity contribution < 1.29 is 18.7 Å². The van der Waals surface area contributed by atoms with E-state index in [1.165, 1.54) is 6.07 Å². The van der Waals surface area contributed by atoms with Gasteiger partial charge in [-0.05, 0) is 0 Å². The molecule has 1 saturated heterocycles. The van der Waals surface area contributed by atoms with Crippen molar-refractivity contribution in [3.8, 4) is 6.07 Å². The van der Waals surface area contributed by atoms with Crippen LogP contribution in [0, 0.1) is 11.3 Å². The van der Waals surface area contributed by atoms with Gasteiger partial charge in [0, 0.05) is 6.42 Å². The highest BCUT2D eigenvalue weighted by Gasteiger charge is 2.47. The fraction of sp³-hybridized carbons (Fsp3) is 0.667. The molecular weight excluding hydrogens is 170 g/mol. The van der Waals surface area contributed by atoms with Crippen molar-refractivity contribution in [3.05, 3.63) is 0 Å². The predicted octanol–water partition coefficient (Wildman–Crippen LogP) is 0.898. The van der Waals surface area contributed by atoms with Crippen LogP contribution in [0.15, 0.2) is 0 Å². The van der Waals surface area contributed by atoms with Crippen molar-refractivity contribution >= 4 is 6.09 Å². The van der Waals surface area contributed by atoms with Gasteiger partial charge in [0.05, 0.1) is 12.6 Å². The zero-order valence-corrected chi connectivity index (χ0v) is 6.00. The maximum atomic E-state index is 12.5. The summed E-state index contributed by atoms with van der Waals surface area (Å²) in [4.78, 5) is 10.8. The molecule has 1 amide bonds. The first-order valence-electron chi connectivity index (χ1n) is 3.23. The van der Waals surface area contributed by atoms with Crippen LogP contribution in [0.1, 0.15) is 6.42 Å². The van der Waals surface area contributed by atoms with E-state index in [0.29, 0.717) is 4.90 Å². The van der Waals surface area contributed by atoms with Crippen LogP contribution in [0.2, 0.25) is 0 Å². The van der Waals surface area contributed by atoms with Crippen molar-refractivity contribution in [3.63, 3.8) is 0 Å². The second-order valence-electron chi connectivity index (χ2n) is 2.62. The molecule has 1 aliphatic rings. The van der Waals surface area contributed by atoms with Crippen LogP contribution >= 0.6 is 0 Å². The first kappa shape index (κ1) is 8.71. The maximum Gasteiger partial charge on any atom is 0.408 e. The molecule has 0 aliphatic carbocycles. The molecule has 12 heavy (non-hydrogen) atoms. The molecule has 1 N–H and O–H groups in total. The summed E-state index contributed by atoms with van der Waals surface area (Å²) in [5, 5.41) is 16.7. The molecule has 0 saturated carbocycles. The second-order valence-corrected chi connectivity index (χ2v) is 2.62. The molecule has 0 spiro atoms. The Morgan fingerprint density at radius 2 is 2.33 bits per heavy atom. The summed E-state index contributed by atoms with van der Waals surface area (Å²) in [5.74, 6) is -3.06. The van der Waals surface area contributed by atoms with Crippen LogP contribution in [0.3, 0.4) is 0 Å². The largest absolute Gasteiger partial charge is 0.465 e. The fourth-order valence-electron chi connectivity index (χ4n) is 1.13. The van der Waals surface area contributed by atoms with Crippen molar-refractivity contribution in [1.82, 2.24) is 4.90 Å². The molecule has 1 aliphatic heterocycles. The summed E-state index contributed by atoms with van der Waals surface area (Å²) >= 11 is 0. The van der Waals surface area contributed by atoms with Crippen molar-refractivity contribution in [2.75, 3.05) is 6.54 Å². The Balaban J connectivity index is 2.78. The van der Waals surface area contributed by atoms with Crippen LogP contribution in [-0.4, -0.2) is 34.6 Å². The molecule has 1 unspecified atom stereocenters. The minimum absolute atomic E-state index is 0.458. The molecule has 66 valence electrons. The topological polar surface area (TPSA) is 64.3 Å². The summed E-state index contributed by atoms with van der Waals surface area (Å²) in [5.41, 5.74) is 0. The average molecular weight is 176 g/mol. The normalized spacial score (nSPS) is 26.8. The standard InChI is InChI=1S/C6H6F2N2O2/c7-6(8)1-4(2-9)10(3-6)5(11)12/h4H,1,3H2,(H,11,12). The number of nitrogens with zero attached hydrogens (tertiary/aromatic N) is 2. The van der Waals surface area contributed by atoms with E-state index < -0.39 is 31.0 Å². The smallest absolute Gasteiger partial charge is 0.408 e. The molecule has 6 heteroatoms. The van der Waals surface area contributed by atoms with Gasteiger partial charge in [-0.3, -0.25) is 4.90 Å². The Bertz CT molecular complexity index is 248. The number of amides is 1. The lowest BCUT2D eigenvalue weighted by atomic mass is 10.2. The molecule has 1 rings (SSSR count). The van der Waals surface area contributed by atoms with E-state index in [1.54, 1.807) is 0 Å². The highest BCUT2D eigenvalue weighted by molar-refractivity contribution is 5.66. The number of alkyl halides is 2. The summed E-state index contributed by atoms with van der Waals surface area (Å²) < 4.78 is 25.1. The van der Waals surface area contributed by atoms with E-state index in [4.69, 9.17) is 10.4 Å². The highest BCUT2D eigenvalue weighted by Crippen LogP contribution is 2.31. The van der Waals surface area contributed by atoms with Gasteiger partial charge in [-0.25, -0.2) is 13.6 Å². The van der Waals surface area contributed by atoms with Gasteiger partial charge in [0.1, 0.15) is 6.04 Å². The SMILES string of the molecule is N#CC1CC(F)(F)CN1C(=O)O. The van der Waals surface area contributed by atoms with E-state index in [1.807, 2.05) is 0 Å². The van der Waals surface area contributed by atoms with Crippen LogP contribution in [0.25, 0.3) is 0 Å². The zero-order chi connectivity index (χ0) is 9.35. The molecule has 1 fully saturated rings. The van der Waals surface area contributed by atoms with Gasteiger partial charge >= 0.3 is 6.09 Å². The van der Waals surface area contributed by atoms with Gasteiger partial charge in [-0.2, -0.15) is 5.26 Å². The number of halogens is 2. The van der Waals surface area contributed by atoms with Crippen LogP contribution in [0.5, 0.6) is 0 Å². The van der Waals surface area contributed by atoms with Gasteiger partial charge in [0.15, 0.2) is 0 Å². The van der Waals surface area contributed by atoms with E-state index in [9.17, 15) is 13.6 Å². The van der Waals surface area contributed by atoms with E-state index in [0.717, 1.165) is 0 Å². The summed E-state index contributed by atoms with van der Waals surface area (Å²) in [6.45, 7) is -0.874.